The number of carboxylic acids is 1. The van der Waals surface area contributed by atoms with Crippen molar-refractivity contribution in [1.82, 2.24) is 9.55 Å². The van der Waals surface area contributed by atoms with Crippen molar-refractivity contribution in [3.05, 3.63) is 71.0 Å². The molecule has 0 saturated carbocycles. The zero-order chi connectivity index (χ0) is 19.1. The van der Waals surface area contributed by atoms with Gasteiger partial charge in [0.05, 0.1) is 11.3 Å². The highest BCUT2D eigenvalue weighted by atomic mass is 19.4. The first kappa shape index (κ1) is 17.7. The quantitative estimate of drug-likeness (QED) is 0.725. The molecule has 134 valence electrons. The third-order valence-electron chi connectivity index (χ3n) is 4.10. The van der Waals surface area contributed by atoms with Crippen LogP contribution in [0.25, 0.3) is 17.1 Å². The Balaban J connectivity index is 2.21. The molecule has 0 spiro atoms. The van der Waals surface area contributed by atoms with Crippen LogP contribution in [0.4, 0.5) is 13.2 Å². The Hall–Kier alpha value is -3.09. The Morgan fingerprint density at radius 1 is 1.08 bits per heavy atom. The van der Waals surface area contributed by atoms with E-state index in [1.54, 1.807) is 42.7 Å². The number of hydrogen-bond acceptors (Lipinski definition) is 2. The first-order chi connectivity index (χ1) is 12.2. The van der Waals surface area contributed by atoms with Crippen LogP contribution in [0.1, 0.15) is 27.3 Å². The van der Waals surface area contributed by atoms with Gasteiger partial charge in [0.25, 0.3) is 0 Å². The van der Waals surface area contributed by atoms with Crippen LogP contribution in [0.3, 0.4) is 0 Å². The molecule has 0 fully saturated rings. The van der Waals surface area contributed by atoms with Gasteiger partial charge in [0.1, 0.15) is 5.82 Å². The van der Waals surface area contributed by atoms with E-state index in [9.17, 15) is 18.0 Å². The van der Waals surface area contributed by atoms with Crippen LogP contribution in [0, 0.1) is 13.8 Å². The predicted molar refractivity (Wildman–Crippen MR) is 90.4 cm³/mol. The number of halogens is 3. The maximum Gasteiger partial charge on any atom is 0.416 e. The van der Waals surface area contributed by atoms with Crippen molar-refractivity contribution in [2.45, 2.75) is 20.0 Å². The number of rotatable bonds is 3. The zero-order valence-electron chi connectivity index (χ0n) is 14.0. The number of benzene rings is 1. The molecule has 0 aliphatic carbocycles. The molecule has 0 bridgehead atoms. The second kappa shape index (κ2) is 6.33. The van der Waals surface area contributed by atoms with Gasteiger partial charge in [0.15, 0.2) is 5.69 Å². The van der Waals surface area contributed by atoms with E-state index < -0.39 is 17.7 Å². The third kappa shape index (κ3) is 3.20. The average molecular weight is 360 g/mol. The lowest BCUT2D eigenvalue weighted by atomic mass is 10.0. The molecular formula is C19H15F3N2O2. The number of carboxylic acid groups (broad SMARTS) is 1. The first-order valence-corrected chi connectivity index (χ1v) is 7.76. The first-order valence-electron chi connectivity index (χ1n) is 7.76. The number of alkyl halides is 3. The summed E-state index contributed by atoms with van der Waals surface area (Å²) in [4.78, 5) is 15.3. The summed E-state index contributed by atoms with van der Waals surface area (Å²) in [6.45, 7) is 3.50. The van der Waals surface area contributed by atoms with E-state index in [2.05, 4.69) is 4.98 Å². The smallest absolute Gasteiger partial charge is 0.416 e. The van der Waals surface area contributed by atoms with Crippen molar-refractivity contribution in [2.24, 2.45) is 0 Å². The highest BCUT2D eigenvalue weighted by Crippen LogP contribution is 2.35. The largest absolute Gasteiger partial charge is 0.477 e. The Morgan fingerprint density at radius 3 is 2.46 bits per heavy atom. The maximum atomic E-state index is 13.1. The molecule has 0 unspecified atom stereocenters. The van der Waals surface area contributed by atoms with Gasteiger partial charge in [0, 0.05) is 11.3 Å². The summed E-state index contributed by atoms with van der Waals surface area (Å²) >= 11 is 0. The van der Waals surface area contributed by atoms with Crippen LogP contribution in [0.15, 0.2) is 48.5 Å². The number of carbonyl (C=O) groups is 1. The monoisotopic (exact) mass is 360 g/mol. The van der Waals surface area contributed by atoms with E-state index in [-0.39, 0.29) is 5.69 Å². The van der Waals surface area contributed by atoms with Crippen molar-refractivity contribution in [2.75, 3.05) is 0 Å². The van der Waals surface area contributed by atoms with Crippen molar-refractivity contribution in [3.63, 3.8) is 0 Å². The van der Waals surface area contributed by atoms with Gasteiger partial charge in [-0.3, -0.25) is 4.57 Å². The fourth-order valence-electron chi connectivity index (χ4n) is 2.79. The molecule has 4 nitrogen and oxygen atoms in total. The second-order valence-corrected chi connectivity index (χ2v) is 5.91. The van der Waals surface area contributed by atoms with Crippen molar-refractivity contribution >= 4 is 5.97 Å². The Morgan fingerprint density at radius 2 is 1.81 bits per heavy atom. The standard InChI is InChI=1S/C19H15F3N2O2/c1-11-6-8-13(19(20,21)22)10-14(11)16-9-7-12(2)24(16)17-5-3-4-15(23-17)18(25)26/h3-10H,1-2H3,(H,25,26). The van der Waals surface area contributed by atoms with Crippen LogP contribution in [0.5, 0.6) is 0 Å². The van der Waals surface area contributed by atoms with Gasteiger partial charge in [-0.1, -0.05) is 12.1 Å². The molecule has 0 aliphatic rings. The molecule has 0 amide bonds. The van der Waals surface area contributed by atoms with Crippen LogP contribution in [0.2, 0.25) is 0 Å². The molecule has 1 aromatic carbocycles. The predicted octanol–water partition coefficient (Wildman–Crippen LogP) is 4.87. The lowest BCUT2D eigenvalue weighted by Crippen LogP contribution is -2.08. The second-order valence-electron chi connectivity index (χ2n) is 5.91. The molecule has 0 aliphatic heterocycles. The molecule has 3 aromatic rings. The number of aromatic nitrogens is 2. The van der Waals surface area contributed by atoms with Crippen LogP contribution >= 0.6 is 0 Å². The van der Waals surface area contributed by atoms with E-state index >= 15 is 0 Å². The average Bonchev–Trinajstić information content (AvgIpc) is 2.95. The van der Waals surface area contributed by atoms with Crippen molar-refractivity contribution in [1.29, 1.82) is 0 Å². The minimum Gasteiger partial charge on any atom is -0.477 e. The van der Waals surface area contributed by atoms with E-state index in [0.717, 1.165) is 17.8 Å². The van der Waals surface area contributed by atoms with E-state index in [1.807, 2.05) is 0 Å². The van der Waals surface area contributed by atoms with Gasteiger partial charge < -0.3 is 5.11 Å². The maximum absolute atomic E-state index is 13.1. The molecular weight excluding hydrogens is 345 g/mol. The number of hydrogen-bond donors (Lipinski definition) is 1. The number of nitrogens with zero attached hydrogens (tertiary/aromatic N) is 2. The molecule has 7 heteroatoms. The van der Waals surface area contributed by atoms with Gasteiger partial charge in [-0.2, -0.15) is 13.2 Å². The summed E-state index contributed by atoms with van der Waals surface area (Å²) in [6, 6.07) is 11.5. The number of pyridine rings is 1. The Bertz CT molecular complexity index is 991. The molecule has 0 atom stereocenters. The number of aromatic carboxylic acids is 1. The summed E-state index contributed by atoms with van der Waals surface area (Å²) in [5.41, 5.74) is 1.45. The van der Waals surface area contributed by atoms with Crippen molar-refractivity contribution in [3.8, 4) is 17.1 Å². The molecule has 2 aromatic heterocycles. The summed E-state index contributed by atoms with van der Waals surface area (Å²) in [7, 11) is 0. The minimum absolute atomic E-state index is 0.137. The normalized spacial score (nSPS) is 11.6. The van der Waals surface area contributed by atoms with Gasteiger partial charge in [0.2, 0.25) is 0 Å². The summed E-state index contributed by atoms with van der Waals surface area (Å²) in [5.74, 6) is -0.840. The fourth-order valence-corrected chi connectivity index (χ4v) is 2.79. The summed E-state index contributed by atoms with van der Waals surface area (Å²) in [6.07, 6.45) is -4.45. The SMILES string of the molecule is Cc1ccc(C(F)(F)F)cc1-c1ccc(C)n1-c1cccc(C(=O)O)n1. The zero-order valence-corrected chi connectivity index (χ0v) is 14.0. The summed E-state index contributed by atoms with van der Waals surface area (Å²) in [5, 5.41) is 9.14. The van der Waals surface area contributed by atoms with Gasteiger partial charge in [-0.15, -0.1) is 0 Å². The summed E-state index contributed by atoms with van der Waals surface area (Å²) < 4.78 is 41.0. The van der Waals surface area contributed by atoms with Crippen LogP contribution < -0.4 is 0 Å². The highest BCUT2D eigenvalue weighted by molar-refractivity contribution is 5.85. The van der Waals surface area contributed by atoms with E-state index in [1.165, 1.54) is 12.1 Å². The molecule has 3 rings (SSSR count). The third-order valence-corrected chi connectivity index (χ3v) is 4.10. The van der Waals surface area contributed by atoms with E-state index in [0.29, 0.717) is 22.6 Å². The van der Waals surface area contributed by atoms with Crippen LogP contribution in [-0.2, 0) is 6.18 Å². The number of aryl methyl sites for hydroxylation is 2. The molecule has 1 N–H and O–H groups in total. The lowest BCUT2D eigenvalue weighted by molar-refractivity contribution is -0.137. The van der Waals surface area contributed by atoms with Gasteiger partial charge in [-0.05, 0) is 55.8 Å². The van der Waals surface area contributed by atoms with E-state index in [4.69, 9.17) is 5.11 Å². The fraction of sp³-hybridized carbons (Fsp3) is 0.158. The van der Waals surface area contributed by atoms with Crippen LogP contribution in [-0.4, -0.2) is 20.6 Å². The Labute approximate surface area is 147 Å². The van der Waals surface area contributed by atoms with Gasteiger partial charge >= 0.3 is 12.1 Å². The van der Waals surface area contributed by atoms with Gasteiger partial charge in [-0.25, -0.2) is 9.78 Å². The minimum atomic E-state index is -4.45. The Kier molecular flexibility index (Phi) is 4.31. The van der Waals surface area contributed by atoms with Crippen molar-refractivity contribution < 1.29 is 23.1 Å². The molecule has 2 heterocycles. The highest BCUT2D eigenvalue weighted by Gasteiger charge is 2.31. The topological polar surface area (TPSA) is 55.1 Å². The lowest BCUT2D eigenvalue weighted by Gasteiger charge is -2.15. The molecule has 26 heavy (non-hydrogen) atoms. The molecule has 0 saturated heterocycles. The molecule has 0 radical (unpaired) electrons.